The molecule has 2 saturated heterocycles. The number of nitrogens with one attached hydrogen (secondary N) is 1. The van der Waals surface area contributed by atoms with E-state index >= 15 is 0 Å². The number of carbonyl (C=O) groups is 5. The van der Waals surface area contributed by atoms with Crippen molar-refractivity contribution in [1.82, 2.24) is 14.7 Å². The summed E-state index contributed by atoms with van der Waals surface area (Å²) in [5, 5.41) is 2.55. The number of nitrogens with zero attached hydrogens (tertiary/aromatic N) is 3. The molecule has 1 aromatic carbocycles. The highest BCUT2D eigenvalue weighted by Crippen LogP contribution is 2.19. The smallest absolute Gasteiger partial charge is 0.335 e. The molecule has 10 heteroatoms. The highest BCUT2D eigenvalue weighted by Gasteiger charge is 2.44. The maximum absolute atomic E-state index is 12.7. The molecule has 3 rings (SSSR count). The van der Waals surface area contributed by atoms with Gasteiger partial charge < -0.3 is 15.0 Å². The summed E-state index contributed by atoms with van der Waals surface area (Å²) in [6.07, 6.45) is 1.31. The van der Waals surface area contributed by atoms with E-state index in [2.05, 4.69) is 11.9 Å². The van der Waals surface area contributed by atoms with Crippen LogP contribution in [-0.2, 0) is 19.1 Å². The molecule has 2 aliphatic rings. The molecule has 0 aromatic heterocycles. The fourth-order valence-corrected chi connectivity index (χ4v) is 3.03. The third-order valence-electron chi connectivity index (χ3n) is 4.48. The number of carbonyl (C=O) groups excluding carboxylic acids is 5. The number of hydrogen-bond donors (Lipinski definition) is 1. The first-order chi connectivity index (χ1) is 13.9. The molecule has 0 unspecified atom stereocenters. The Morgan fingerprint density at radius 2 is 1.72 bits per heavy atom. The first-order valence-corrected chi connectivity index (χ1v) is 8.98. The first-order valence-electron chi connectivity index (χ1n) is 8.98. The third-order valence-corrected chi connectivity index (χ3v) is 4.48. The van der Waals surface area contributed by atoms with Gasteiger partial charge in [-0.1, -0.05) is 18.2 Å². The minimum atomic E-state index is -1.08. The molecule has 10 nitrogen and oxygen atoms in total. The monoisotopic (exact) mass is 400 g/mol. The van der Waals surface area contributed by atoms with Gasteiger partial charge in [0.25, 0.3) is 5.91 Å². The van der Waals surface area contributed by atoms with E-state index in [9.17, 15) is 24.0 Å². The molecule has 0 spiro atoms. The van der Waals surface area contributed by atoms with Crippen LogP contribution >= 0.6 is 0 Å². The van der Waals surface area contributed by atoms with Crippen molar-refractivity contribution in [2.45, 2.75) is 0 Å². The van der Waals surface area contributed by atoms with Crippen molar-refractivity contribution < 1.29 is 28.7 Å². The third kappa shape index (κ3) is 4.16. The zero-order valence-electron chi connectivity index (χ0n) is 15.6. The van der Waals surface area contributed by atoms with E-state index in [0.717, 1.165) is 0 Å². The van der Waals surface area contributed by atoms with Crippen molar-refractivity contribution >= 4 is 35.3 Å². The number of para-hydroxylation sites is 1. The second-order valence-electron chi connectivity index (χ2n) is 6.38. The molecule has 152 valence electrons. The molecular weight excluding hydrogens is 380 g/mol. The Labute approximate surface area is 166 Å². The normalized spacial score (nSPS) is 17.0. The molecule has 0 bridgehead atoms. The van der Waals surface area contributed by atoms with E-state index in [0.29, 0.717) is 36.1 Å². The molecule has 2 fully saturated rings. The summed E-state index contributed by atoms with van der Waals surface area (Å²) in [4.78, 5) is 64.1. The lowest BCUT2D eigenvalue weighted by atomic mass is 10.1. The van der Waals surface area contributed by atoms with Crippen molar-refractivity contribution in [1.29, 1.82) is 0 Å². The van der Waals surface area contributed by atoms with Gasteiger partial charge in [0.1, 0.15) is 6.54 Å². The van der Waals surface area contributed by atoms with Gasteiger partial charge in [-0.2, -0.15) is 0 Å². The quantitative estimate of drug-likeness (QED) is 0.411. The van der Waals surface area contributed by atoms with Crippen LogP contribution in [0.5, 0.6) is 0 Å². The van der Waals surface area contributed by atoms with E-state index in [1.54, 1.807) is 29.2 Å². The highest BCUT2D eigenvalue weighted by molar-refractivity contribution is 6.45. The Hall–Kier alpha value is -3.53. The van der Waals surface area contributed by atoms with E-state index < -0.39 is 30.3 Å². The number of ether oxygens (including phenoxy) is 1. The van der Waals surface area contributed by atoms with Gasteiger partial charge in [-0.3, -0.25) is 24.1 Å². The van der Waals surface area contributed by atoms with Crippen LogP contribution < -0.4 is 5.32 Å². The van der Waals surface area contributed by atoms with Crippen LogP contribution in [0.4, 0.5) is 10.5 Å². The van der Waals surface area contributed by atoms with Crippen LogP contribution in [0.3, 0.4) is 0 Å². The Morgan fingerprint density at radius 3 is 2.41 bits per heavy atom. The van der Waals surface area contributed by atoms with Crippen LogP contribution in [0.15, 0.2) is 36.9 Å². The van der Waals surface area contributed by atoms with E-state index in [4.69, 9.17) is 4.74 Å². The van der Waals surface area contributed by atoms with E-state index in [1.807, 2.05) is 0 Å². The van der Waals surface area contributed by atoms with Crippen molar-refractivity contribution in [3.63, 3.8) is 0 Å². The number of hydrogen-bond acceptors (Lipinski definition) is 6. The van der Waals surface area contributed by atoms with Crippen molar-refractivity contribution in [2.24, 2.45) is 0 Å². The number of urea groups is 1. The van der Waals surface area contributed by atoms with Gasteiger partial charge in [-0.15, -0.1) is 6.58 Å². The van der Waals surface area contributed by atoms with Gasteiger partial charge in [0, 0.05) is 19.6 Å². The maximum atomic E-state index is 12.7. The molecule has 1 aromatic rings. The van der Waals surface area contributed by atoms with Crippen LogP contribution in [0.2, 0.25) is 0 Å². The number of benzene rings is 1. The molecule has 0 aliphatic carbocycles. The largest absolute Gasteiger partial charge is 0.378 e. The molecule has 2 heterocycles. The number of imide groups is 2. The van der Waals surface area contributed by atoms with Crippen molar-refractivity contribution in [2.75, 3.05) is 44.7 Å². The van der Waals surface area contributed by atoms with Crippen molar-refractivity contribution in [3.05, 3.63) is 42.5 Å². The second-order valence-corrected chi connectivity index (χ2v) is 6.38. The Bertz CT molecular complexity index is 877. The zero-order chi connectivity index (χ0) is 21.0. The standard InChI is InChI=1S/C19H20N4O6/c1-2-7-22-17(26)18(27)23(19(22)28)12-15(24)20-14-6-4-3-5-13(14)16(25)21-8-10-29-11-9-21/h2-6H,1,7-12H2,(H,20,24). The lowest BCUT2D eigenvalue weighted by Gasteiger charge is -2.27. The highest BCUT2D eigenvalue weighted by atomic mass is 16.5. The second kappa shape index (κ2) is 8.65. The molecule has 0 atom stereocenters. The number of morpholine rings is 1. The summed E-state index contributed by atoms with van der Waals surface area (Å²) in [6, 6.07) is 5.56. The minimum Gasteiger partial charge on any atom is -0.378 e. The maximum Gasteiger partial charge on any atom is 0.335 e. The molecule has 0 saturated carbocycles. The number of anilines is 1. The van der Waals surface area contributed by atoms with Crippen LogP contribution in [-0.4, -0.2) is 83.8 Å². The van der Waals surface area contributed by atoms with Crippen LogP contribution in [0.1, 0.15) is 10.4 Å². The Kier molecular flexibility index (Phi) is 6.03. The lowest BCUT2D eigenvalue weighted by Crippen LogP contribution is -2.41. The van der Waals surface area contributed by atoms with Crippen molar-refractivity contribution in [3.8, 4) is 0 Å². The van der Waals surface area contributed by atoms with E-state index in [-0.39, 0.29) is 23.7 Å². The predicted molar refractivity (Wildman–Crippen MR) is 101 cm³/mol. The average molecular weight is 400 g/mol. The molecule has 29 heavy (non-hydrogen) atoms. The Balaban J connectivity index is 1.71. The van der Waals surface area contributed by atoms with Crippen LogP contribution in [0.25, 0.3) is 0 Å². The summed E-state index contributed by atoms with van der Waals surface area (Å²) in [7, 11) is 0. The fraction of sp³-hybridized carbons (Fsp3) is 0.316. The molecule has 2 aliphatic heterocycles. The first kappa shape index (κ1) is 20.2. The summed E-state index contributed by atoms with van der Waals surface area (Å²) < 4.78 is 5.24. The topological polar surface area (TPSA) is 116 Å². The number of rotatable bonds is 6. The average Bonchev–Trinajstić information content (AvgIpc) is 2.93. The van der Waals surface area contributed by atoms with Crippen LogP contribution in [0, 0.1) is 0 Å². The SMILES string of the molecule is C=CCN1C(=O)C(=O)N(CC(=O)Nc2ccccc2C(=O)N2CCOCC2)C1=O. The lowest BCUT2D eigenvalue weighted by molar-refractivity contribution is -0.143. The fourth-order valence-electron chi connectivity index (χ4n) is 3.03. The molecule has 6 amide bonds. The molecule has 1 N–H and O–H groups in total. The zero-order valence-corrected chi connectivity index (χ0v) is 15.6. The van der Waals surface area contributed by atoms with Gasteiger partial charge >= 0.3 is 17.8 Å². The summed E-state index contributed by atoms with van der Waals surface area (Å²) in [6.45, 7) is 4.42. The van der Waals surface area contributed by atoms with Gasteiger partial charge in [-0.25, -0.2) is 9.69 Å². The molecular formula is C19H20N4O6. The summed E-state index contributed by atoms with van der Waals surface area (Å²) >= 11 is 0. The predicted octanol–water partition coefficient (Wildman–Crippen LogP) is 0.0743. The molecule has 0 radical (unpaired) electrons. The Morgan fingerprint density at radius 1 is 1.07 bits per heavy atom. The van der Waals surface area contributed by atoms with Gasteiger partial charge in [-0.05, 0) is 12.1 Å². The van der Waals surface area contributed by atoms with E-state index in [1.165, 1.54) is 6.08 Å². The van der Waals surface area contributed by atoms with Gasteiger partial charge in [0.05, 0.1) is 24.5 Å². The van der Waals surface area contributed by atoms with Gasteiger partial charge in [0.2, 0.25) is 5.91 Å². The van der Waals surface area contributed by atoms with Gasteiger partial charge in [0.15, 0.2) is 0 Å². The summed E-state index contributed by atoms with van der Waals surface area (Å²) in [5.74, 6) is -3.05. The summed E-state index contributed by atoms with van der Waals surface area (Å²) in [5.41, 5.74) is 0.536. The number of amides is 6. The minimum absolute atomic E-state index is 0.127.